The minimum absolute atomic E-state index is 0.167. The predicted molar refractivity (Wildman–Crippen MR) is 68.6 cm³/mol. The normalized spacial score (nSPS) is 10.5. The van der Waals surface area contributed by atoms with Gasteiger partial charge in [0.15, 0.2) is 10.8 Å². The van der Waals surface area contributed by atoms with Crippen LogP contribution in [-0.4, -0.2) is 31.2 Å². The number of carbonyl (C=O) groups is 1. The lowest BCUT2D eigenvalue weighted by molar-refractivity contribution is 0.0944. The topological polar surface area (TPSA) is 64.4 Å². The molecule has 0 saturated carbocycles. The molecule has 0 spiro atoms. The highest BCUT2D eigenvalue weighted by Gasteiger charge is 2.12. The molecule has 0 aliphatic carbocycles. The fraction of sp³-hybridized carbons (Fsp3) is 0.333. The minimum Gasteiger partial charge on any atom is -0.462 e. The summed E-state index contributed by atoms with van der Waals surface area (Å²) in [5.74, 6) is 0.513. The van der Waals surface area contributed by atoms with Gasteiger partial charge in [-0.1, -0.05) is 0 Å². The molecule has 0 saturated heterocycles. The highest BCUT2D eigenvalue weighted by atomic mass is 32.1. The van der Waals surface area contributed by atoms with Crippen molar-refractivity contribution in [3.8, 4) is 10.8 Å². The molecule has 1 amide bonds. The summed E-state index contributed by atoms with van der Waals surface area (Å²) in [6.07, 6.45) is 2.37. The van der Waals surface area contributed by atoms with Gasteiger partial charge in [0, 0.05) is 25.6 Å². The van der Waals surface area contributed by atoms with Gasteiger partial charge in [-0.2, -0.15) is 0 Å². The summed E-state index contributed by atoms with van der Waals surface area (Å²) in [5, 5.41) is 5.22. The van der Waals surface area contributed by atoms with Crippen LogP contribution in [-0.2, 0) is 4.74 Å². The van der Waals surface area contributed by atoms with E-state index in [1.54, 1.807) is 24.8 Å². The van der Waals surface area contributed by atoms with E-state index < -0.39 is 0 Å². The van der Waals surface area contributed by atoms with Gasteiger partial charge in [-0.15, -0.1) is 11.3 Å². The Bertz CT molecular complexity index is 493. The average Bonchev–Trinajstić information content (AvgIpc) is 3.03. The average molecular weight is 266 g/mol. The molecule has 0 aliphatic rings. The second-order valence-corrected chi connectivity index (χ2v) is 4.48. The number of hydrogen-bond donors (Lipinski definition) is 1. The van der Waals surface area contributed by atoms with E-state index in [0.29, 0.717) is 29.6 Å². The van der Waals surface area contributed by atoms with Crippen LogP contribution in [0.3, 0.4) is 0 Å². The van der Waals surface area contributed by atoms with Gasteiger partial charge in [0.2, 0.25) is 0 Å². The van der Waals surface area contributed by atoms with Gasteiger partial charge >= 0.3 is 0 Å². The first-order valence-electron chi connectivity index (χ1n) is 5.58. The Morgan fingerprint density at radius 1 is 1.61 bits per heavy atom. The molecule has 0 unspecified atom stereocenters. The molecule has 2 aromatic rings. The van der Waals surface area contributed by atoms with Gasteiger partial charge in [0.1, 0.15) is 5.69 Å². The van der Waals surface area contributed by atoms with E-state index in [-0.39, 0.29) is 5.91 Å². The monoisotopic (exact) mass is 266 g/mol. The van der Waals surface area contributed by atoms with Gasteiger partial charge in [0.05, 0.1) is 6.26 Å². The molecule has 96 valence electrons. The number of carbonyl (C=O) groups excluding carboxylic acids is 1. The highest BCUT2D eigenvalue weighted by molar-refractivity contribution is 7.13. The second-order valence-electron chi connectivity index (χ2n) is 3.62. The number of nitrogens with one attached hydrogen (secondary N) is 1. The third-order valence-corrected chi connectivity index (χ3v) is 3.14. The first-order chi connectivity index (χ1) is 8.81. The Morgan fingerprint density at radius 2 is 2.50 bits per heavy atom. The SMILES string of the molecule is COCCCNC(=O)c1csc(-c2ccco2)n1. The van der Waals surface area contributed by atoms with Gasteiger partial charge in [0.25, 0.3) is 5.91 Å². The Hall–Kier alpha value is -1.66. The molecule has 0 bridgehead atoms. The lowest BCUT2D eigenvalue weighted by Gasteiger charge is -2.01. The summed E-state index contributed by atoms with van der Waals surface area (Å²) >= 11 is 1.39. The summed E-state index contributed by atoms with van der Waals surface area (Å²) < 4.78 is 10.1. The molecule has 0 fully saturated rings. The zero-order valence-corrected chi connectivity index (χ0v) is 10.8. The van der Waals surface area contributed by atoms with Crippen molar-refractivity contribution in [3.63, 3.8) is 0 Å². The third-order valence-electron chi connectivity index (χ3n) is 2.28. The molecule has 6 heteroatoms. The van der Waals surface area contributed by atoms with Crippen molar-refractivity contribution < 1.29 is 13.9 Å². The van der Waals surface area contributed by atoms with Crippen LogP contribution < -0.4 is 5.32 Å². The first kappa shape index (κ1) is 12.8. The molecular weight excluding hydrogens is 252 g/mol. The van der Waals surface area contributed by atoms with Gasteiger partial charge in [-0.3, -0.25) is 4.79 Å². The molecule has 0 aliphatic heterocycles. The molecule has 5 nitrogen and oxygen atoms in total. The maximum absolute atomic E-state index is 11.8. The Labute approximate surface area is 109 Å². The number of aromatic nitrogens is 1. The van der Waals surface area contributed by atoms with Crippen LogP contribution in [0.15, 0.2) is 28.2 Å². The van der Waals surface area contributed by atoms with E-state index >= 15 is 0 Å². The van der Waals surface area contributed by atoms with E-state index in [2.05, 4.69) is 10.3 Å². The number of hydrogen-bond acceptors (Lipinski definition) is 5. The minimum atomic E-state index is -0.167. The number of methoxy groups -OCH3 is 1. The summed E-state index contributed by atoms with van der Waals surface area (Å²) in [6.45, 7) is 1.22. The lowest BCUT2D eigenvalue weighted by Crippen LogP contribution is -2.25. The quantitative estimate of drug-likeness (QED) is 0.814. The van der Waals surface area contributed by atoms with E-state index in [1.165, 1.54) is 11.3 Å². The van der Waals surface area contributed by atoms with Crippen molar-refractivity contribution >= 4 is 17.2 Å². The number of furan rings is 1. The van der Waals surface area contributed by atoms with E-state index in [9.17, 15) is 4.79 Å². The van der Waals surface area contributed by atoms with Crippen LogP contribution in [0.5, 0.6) is 0 Å². The van der Waals surface area contributed by atoms with Crippen LogP contribution >= 0.6 is 11.3 Å². The van der Waals surface area contributed by atoms with Gasteiger partial charge in [-0.25, -0.2) is 4.98 Å². The fourth-order valence-electron chi connectivity index (χ4n) is 1.40. The van der Waals surface area contributed by atoms with Crippen molar-refractivity contribution in [2.24, 2.45) is 0 Å². The smallest absolute Gasteiger partial charge is 0.270 e. The van der Waals surface area contributed by atoms with Gasteiger partial charge in [-0.05, 0) is 18.6 Å². The standard InChI is InChI=1S/C12H14N2O3S/c1-16-6-3-5-13-11(15)9-8-18-12(14-9)10-4-2-7-17-10/h2,4,7-8H,3,5-6H2,1H3,(H,13,15). The largest absolute Gasteiger partial charge is 0.462 e. The van der Waals surface area contributed by atoms with Crippen LogP contribution in [0.25, 0.3) is 10.8 Å². The van der Waals surface area contributed by atoms with Crippen LogP contribution in [0.2, 0.25) is 0 Å². The predicted octanol–water partition coefficient (Wildman–Crippen LogP) is 2.17. The van der Waals surface area contributed by atoms with Gasteiger partial charge < -0.3 is 14.5 Å². The third kappa shape index (κ3) is 3.18. The number of rotatable bonds is 6. The van der Waals surface area contributed by atoms with Crippen LogP contribution in [0.1, 0.15) is 16.9 Å². The van der Waals surface area contributed by atoms with Crippen molar-refractivity contribution in [2.45, 2.75) is 6.42 Å². The van der Waals surface area contributed by atoms with E-state index in [4.69, 9.17) is 9.15 Å². The zero-order chi connectivity index (χ0) is 12.8. The summed E-state index contributed by atoms with van der Waals surface area (Å²) in [7, 11) is 1.64. The Balaban J connectivity index is 1.91. The highest BCUT2D eigenvalue weighted by Crippen LogP contribution is 2.23. The number of ether oxygens (including phenoxy) is 1. The summed E-state index contributed by atoms with van der Waals surface area (Å²) in [6, 6.07) is 3.61. The maximum Gasteiger partial charge on any atom is 0.270 e. The molecule has 2 aromatic heterocycles. The van der Waals surface area contributed by atoms with Crippen molar-refractivity contribution in [1.82, 2.24) is 10.3 Å². The van der Waals surface area contributed by atoms with Crippen LogP contribution in [0.4, 0.5) is 0 Å². The summed E-state index contributed by atoms with van der Waals surface area (Å²) in [5.41, 5.74) is 0.420. The maximum atomic E-state index is 11.8. The zero-order valence-electron chi connectivity index (χ0n) is 10.0. The molecule has 18 heavy (non-hydrogen) atoms. The molecule has 0 atom stereocenters. The molecule has 0 aromatic carbocycles. The molecular formula is C12H14N2O3S. The molecule has 2 heterocycles. The first-order valence-corrected chi connectivity index (χ1v) is 6.46. The van der Waals surface area contributed by atoms with Crippen molar-refractivity contribution in [2.75, 3.05) is 20.3 Å². The lowest BCUT2D eigenvalue weighted by atomic mass is 10.4. The van der Waals surface area contributed by atoms with Crippen molar-refractivity contribution in [1.29, 1.82) is 0 Å². The summed E-state index contributed by atoms with van der Waals surface area (Å²) in [4.78, 5) is 16.0. The number of nitrogens with zero attached hydrogens (tertiary/aromatic N) is 1. The van der Waals surface area contributed by atoms with E-state index in [0.717, 1.165) is 6.42 Å². The molecule has 2 rings (SSSR count). The van der Waals surface area contributed by atoms with E-state index in [1.807, 2.05) is 6.07 Å². The van der Waals surface area contributed by atoms with Crippen molar-refractivity contribution in [3.05, 3.63) is 29.5 Å². The fourth-order valence-corrected chi connectivity index (χ4v) is 2.17. The molecule has 1 N–H and O–H groups in total. The van der Waals surface area contributed by atoms with Crippen LogP contribution in [0, 0.1) is 0 Å². The molecule has 0 radical (unpaired) electrons. The number of amides is 1. The Morgan fingerprint density at radius 3 is 3.22 bits per heavy atom. The number of thiazole rings is 1. The second kappa shape index (κ2) is 6.32. The Kier molecular flexibility index (Phi) is 4.49.